The molecule has 11 nitrogen and oxygen atoms in total. The highest BCUT2D eigenvalue weighted by atomic mass is 32.2. The quantitative estimate of drug-likeness (QED) is 0.358. The molecular weight excluding hydrogens is 472 g/mol. The van der Waals surface area contributed by atoms with Crippen LogP contribution in [0.15, 0.2) is 25.8 Å². The van der Waals surface area contributed by atoms with Crippen LogP contribution in [0.3, 0.4) is 0 Å². The molecule has 0 saturated carbocycles. The van der Waals surface area contributed by atoms with Gasteiger partial charge < -0.3 is 15.7 Å². The van der Waals surface area contributed by atoms with Gasteiger partial charge in [-0.3, -0.25) is 19.3 Å². The summed E-state index contributed by atoms with van der Waals surface area (Å²) >= 11 is 5.02. The lowest BCUT2D eigenvalue weighted by Crippen LogP contribution is -2.70. The molecule has 30 heavy (non-hydrogen) atoms. The van der Waals surface area contributed by atoms with E-state index >= 15 is 0 Å². The summed E-state index contributed by atoms with van der Waals surface area (Å²) in [6.07, 6.45) is 0.438. The van der Waals surface area contributed by atoms with Crippen molar-refractivity contribution in [2.45, 2.75) is 22.2 Å². The molecule has 1 fully saturated rings. The number of aromatic nitrogens is 3. The zero-order chi connectivity index (χ0) is 21.3. The summed E-state index contributed by atoms with van der Waals surface area (Å²) in [6, 6.07) is -0.809. The lowest BCUT2D eigenvalue weighted by atomic mass is 10.0. The number of nitrogens with zero attached hydrogens (tertiary/aromatic N) is 4. The average molecular weight is 485 g/mol. The summed E-state index contributed by atoms with van der Waals surface area (Å²) in [6.45, 7) is 0. The molecule has 0 unspecified atom stereocenters. The number of carboxylic acid groups (broad SMARTS) is 1. The van der Waals surface area contributed by atoms with Gasteiger partial charge in [0.25, 0.3) is 5.91 Å². The van der Waals surface area contributed by atoms with E-state index in [0.717, 1.165) is 0 Å². The van der Waals surface area contributed by atoms with E-state index in [4.69, 9.17) is 0 Å². The van der Waals surface area contributed by atoms with Crippen LogP contribution in [0.1, 0.15) is 5.69 Å². The molecule has 3 amide bonds. The number of carbonyl (C=O) groups excluding carboxylic acids is 3. The lowest BCUT2D eigenvalue weighted by Gasteiger charge is -2.49. The van der Waals surface area contributed by atoms with Gasteiger partial charge in [-0.15, -0.1) is 33.3 Å². The van der Waals surface area contributed by atoms with Gasteiger partial charge in [0, 0.05) is 16.0 Å². The molecule has 2 aliphatic rings. The van der Waals surface area contributed by atoms with Crippen molar-refractivity contribution in [1.82, 2.24) is 25.4 Å². The molecule has 4 heterocycles. The predicted octanol–water partition coefficient (Wildman–Crippen LogP) is 0.594. The van der Waals surface area contributed by atoms with Crippen LogP contribution in [-0.4, -0.2) is 66.6 Å². The average Bonchev–Trinajstić information content (AvgIpc) is 3.38. The standard InChI is InChI=1S/C15H12N6O5S4/c22-4-16-14-18-6(2-28-14)1-8(23)19-9-11(24)21-10(13(25)26)7(3-27-12(9)21)30-15-20-17-5-29-15/h2,4-5,9,12H,1,3H2,(H,19,23)(H,25,26)(H,16,18,22)/t9-,12+/m1/s1. The molecule has 0 bridgehead atoms. The number of anilines is 1. The largest absolute Gasteiger partial charge is 0.477 e. The minimum atomic E-state index is -1.21. The number of rotatable bonds is 8. The first-order valence-electron chi connectivity index (χ1n) is 8.27. The van der Waals surface area contributed by atoms with Crippen molar-refractivity contribution < 1.29 is 24.3 Å². The van der Waals surface area contributed by atoms with Crippen molar-refractivity contribution in [3.05, 3.63) is 27.2 Å². The van der Waals surface area contributed by atoms with E-state index in [1.165, 1.54) is 51.1 Å². The van der Waals surface area contributed by atoms with Crippen molar-refractivity contribution in [1.29, 1.82) is 0 Å². The number of aliphatic carboxylic acids is 1. The second-order valence-corrected chi connectivity index (χ2v) is 10.1. The third-order valence-corrected chi connectivity index (χ3v) is 8.23. The van der Waals surface area contributed by atoms with Crippen LogP contribution in [0.4, 0.5) is 5.13 Å². The van der Waals surface area contributed by atoms with Gasteiger partial charge in [-0.25, -0.2) is 9.78 Å². The minimum Gasteiger partial charge on any atom is -0.477 e. The van der Waals surface area contributed by atoms with Gasteiger partial charge in [0.05, 0.1) is 12.1 Å². The number of thiazole rings is 1. The van der Waals surface area contributed by atoms with Gasteiger partial charge in [-0.1, -0.05) is 23.1 Å². The number of carboxylic acids is 1. The topological polar surface area (TPSA) is 154 Å². The van der Waals surface area contributed by atoms with Crippen molar-refractivity contribution in [3.8, 4) is 0 Å². The first-order valence-corrected chi connectivity index (χ1v) is 11.9. The molecule has 0 aliphatic carbocycles. The monoisotopic (exact) mass is 484 g/mol. The van der Waals surface area contributed by atoms with Crippen LogP contribution >= 0.6 is 46.2 Å². The van der Waals surface area contributed by atoms with Crippen molar-refractivity contribution >= 4 is 75.5 Å². The Balaban J connectivity index is 1.43. The van der Waals surface area contributed by atoms with Crippen LogP contribution < -0.4 is 10.6 Å². The summed E-state index contributed by atoms with van der Waals surface area (Å²) in [5.41, 5.74) is 1.92. The Morgan fingerprint density at radius 2 is 2.23 bits per heavy atom. The molecule has 0 radical (unpaired) electrons. The number of carbonyl (C=O) groups is 4. The van der Waals surface area contributed by atoms with E-state index in [9.17, 15) is 24.3 Å². The van der Waals surface area contributed by atoms with Gasteiger partial charge in [0.15, 0.2) is 9.47 Å². The Morgan fingerprint density at radius 1 is 1.40 bits per heavy atom. The number of amides is 3. The SMILES string of the molecule is O=CNc1nc(CC(=O)N[C@@H]2C(=O)N3C(C(=O)O)=C(Sc4nncs4)CS[C@@H]23)cs1. The highest BCUT2D eigenvalue weighted by molar-refractivity contribution is 8.07. The highest BCUT2D eigenvalue weighted by Crippen LogP contribution is 2.45. The fourth-order valence-corrected chi connectivity index (χ4v) is 6.66. The number of hydrogen-bond donors (Lipinski definition) is 3. The molecule has 4 rings (SSSR count). The van der Waals surface area contributed by atoms with E-state index in [1.54, 1.807) is 10.9 Å². The molecule has 156 valence electrons. The maximum Gasteiger partial charge on any atom is 0.353 e. The summed E-state index contributed by atoms with van der Waals surface area (Å²) < 4.78 is 0.590. The van der Waals surface area contributed by atoms with Crippen LogP contribution in [0.5, 0.6) is 0 Å². The van der Waals surface area contributed by atoms with Crippen molar-refractivity contribution in [2.24, 2.45) is 0 Å². The first-order chi connectivity index (χ1) is 14.5. The molecule has 0 aromatic carbocycles. The zero-order valence-corrected chi connectivity index (χ0v) is 18.1. The van der Waals surface area contributed by atoms with E-state index < -0.39 is 29.2 Å². The molecule has 15 heteroatoms. The lowest BCUT2D eigenvalue weighted by molar-refractivity contribution is -0.150. The van der Waals surface area contributed by atoms with Gasteiger partial charge in [0.2, 0.25) is 12.3 Å². The summed E-state index contributed by atoms with van der Waals surface area (Å²) in [5, 5.41) is 23.9. The zero-order valence-electron chi connectivity index (χ0n) is 14.8. The molecule has 2 aromatic rings. The second-order valence-electron chi connectivity index (χ2n) is 5.92. The molecule has 2 aliphatic heterocycles. The first kappa shape index (κ1) is 20.8. The van der Waals surface area contributed by atoms with Gasteiger partial charge >= 0.3 is 5.97 Å². The summed E-state index contributed by atoms with van der Waals surface area (Å²) in [4.78, 5) is 53.0. The Kier molecular flexibility index (Phi) is 6.03. The highest BCUT2D eigenvalue weighted by Gasteiger charge is 2.54. The smallest absolute Gasteiger partial charge is 0.353 e. The third kappa shape index (κ3) is 4.05. The van der Waals surface area contributed by atoms with E-state index in [-0.39, 0.29) is 12.1 Å². The van der Waals surface area contributed by atoms with Crippen LogP contribution in [0.2, 0.25) is 0 Å². The van der Waals surface area contributed by atoms with E-state index in [2.05, 4.69) is 25.8 Å². The summed E-state index contributed by atoms with van der Waals surface area (Å²) in [5.74, 6) is -1.72. The van der Waals surface area contributed by atoms with Crippen molar-refractivity contribution in [2.75, 3.05) is 11.1 Å². The molecule has 2 atom stereocenters. The Morgan fingerprint density at radius 3 is 2.93 bits per heavy atom. The molecule has 2 aromatic heterocycles. The fourth-order valence-electron chi connectivity index (χ4n) is 2.88. The number of fused-ring (bicyclic) bond motifs is 1. The fraction of sp³-hybridized carbons (Fsp3) is 0.267. The van der Waals surface area contributed by atoms with Gasteiger partial charge in [0.1, 0.15) is 22.6 Å². The molecule has 1 saturated heterocycles. The van der Waals surface area contributed by atoms with Crippen LogP contribution in [-0.2, 0) is 25.6 Å². The number of hydrogen-bond acceptors (Lipinski definition) is 11. The van der Waals surface area contributed by atoms with E-state index in [1.807, 2.05) is 0 Å². The predicted molar refractivity (Wildman–Crippen MR) is 111 cm³/mol. The third-order valence-electron chi connectivity index (χ3n) is 4.08. The van der Waals surface area contributed by atoms with Gasteiger partial charge in [-0.2, -0.15) is 0 Å². The number of β-lactam (4-membered cyclic amide) rings is 1. The molecule has 0 spiro atoms. The molecular formula is C15H12N6O5S4. The Labute approximate surface area is 185 Å². The number of thioether (sulfide) groups is 2. The van der Waals surface area contributed by atoms with Gasteiger partial charge in [-0.05, 0) is 0 Å². The normalized spacial score (nSPS) is 20.4. The van der Waals surface area contributed by atoms with Crippen LogP contribution in [0.25, 0.3) is 0 Å². The maximum atomic E-state index is 12.6. The minimum absolute atomic E-state index is 0.0576. The van der Waals surface area contributed by atoms with E-state index in [0.29, 0.717) is 32.2 Å². The van der Waals surface area contributed by atoms with Crippen LogP contribution in [0, 0.1) is 0 Å². The molecule has 3 N–H and O–H groups in total. The second kappa shape index (κ2) is 8.71. The Hall–Kier alpha value is -2.49. The maximum absolute atomic E-state index is 12.6. The summed E-state index contributed by atoms with van der Waals surface area (Å²) in [7, 11) is 0. The Bertz CT molecular complexity index is 1040. The van der Waals surface area contributed by atoms with Crippen molar-refractivity contribution in [3.63, 3.8) is 0 Å². The number of nitrogens with one attached hydrogen (secondary N) is 2.